The van der Waals surface area contributed by atoms with Crippen LogP contribution in [0.2, 0.25) is 0 Å². The molecule has 5 aliphatic rings. The number of ketones is 2. The number of hydrogen-bond acceptors (Lipinski definition) is 4. The summed E-state index contributed by atoms with van der Waals surface area (Å²) in [5.41, 5.74) is 3.99. The van der Waals surface area contributed by atoms with Gasteiger partial charge >= 0.3 is 0 Å². The van der Waals surface area contributed by atoms with E-state index in [2.05, 4.69) is 19.9 Å². The molecule has 0 bridgehead atoms. The number of hydroxylamine groups is 2. The molecule has 1 saturated carbocycles. The number of fused-ring (bicyclic) bond motifs is 3. The number of nitrogens with one attached hydrogen (secondary N) is 1. The maximum atomic E-state index is 13.4. The highest BCUT2D eigenvalue weighted by atomic mass is 16.9. The first-order valence-corrected chi connectivity index (χ1v) is 12.1. The predicted octanol–water partition coefficient (Wildman–Crippen LogP) is 3.94. The van der Waals surface area contributed by atoms with Crippen LogP contribution in [0.1, 0.15) is 85.5 Å². The van der Waals surface area contributed by atoms with E-state index in [0.717, 1.165) is 55.2 Å². The van der Waals surface area contributed by atoms with Crippen LogP contribution < -0.4 is 5.23 Å². The Morgan fingerprint density at radius 2 is 1.97 bits per heavy atom. The highest BCUT2D eigenvalue weighted by molar-refractivity contribution is 5.95. The minimum absolute atomic E-state index is 0.0251. The van der Waals surface area contributed by atoms with E-state index < -0.39 is 11.5 Å². The van der Waals surface area contributed by atoms with Gasteiger partial charge in [-0.05, 0) is 62.5 Å². The summed E-state index contributed by atoms with van der Waals surface area (Å²) in [4.78, 5) is 31.5. The van der Waals surface area contributed by atoms with Crippen molar-refractivity contribution in [2.45, 2.75) is 97.6 Å². The van der Waals surface area contributed by atoms with Crippen LogP contribution in [0.3, 0.4) is 0 Å². The molecule has 0 saturated heterocycles. The van der Waals surface area contributed by atoms with Crippen molar-refractivity contribution in [2.75, 3.05) is 0 Å². The minimum atomic E-state index is -0.428. The molecule has 0 amide bonds. The van der Waals surface area contributed by atoms with Crippen LogP contribution in [0.4, 0.5) is 0 Å². The number of carbonyl (C=O) groups is 2. The molecule has 5 aliphatic carbocycles. The average molecular weight is 426 g/mol. The lowest BCUT2D eigenvalue weighted by atomic mass is 9.51. The van der Waals surface area contributed by atoms with Gasteiger partial charge in [0.1, 0.15) is 17.9 Å². The summed E-state index contributed by atoms with van der Waals surface area (Å²) in [5, 5.41) is 13.2. The fourth-order valence-corrected chi connectivity index (χ4v) is 7.38. The molecular formula is C26H35NO4. The molecule has 0 aromatic heterocycles. The lowest BCUT2D eigenvalue weighted by Gasteiger charge is -2.53. The molecule has 6 atom stereocenters. The van der Waals surface area contributed by atoms with E-state index in [4.69, 9.17) is 4.84 Å². The Hall–Kier alpha value is -1.56. The molecule has 0 radical (unpaired) electrons. The average Bonchev–Trinajstić information content (AvgIpc) is 3.18. The van der Waals surface area contributed by atoms with Crippen molar-refractivity contribution < 1.29 is 19.7 Å². The molecule has 5 rings (SSSR count). The molecule has 0 aliphatic heterocycles. The Bertz CT molecular complexity index is 945. The standard InChI is InChI=1S/C26H35NO4/c1-5-16(2)31-27(30)21-15-17-14-18(28)6-12-25(17,4)19-8-13-26-20(23(19)21)7-10-24(26,3)11-9-22(26)29/h7,14,16,21,27H,5-6,8-13,15H2,1-4H3. The van der Waals surface area contributed by atoms with Gasteiger partial charge in [0.05, 0.1) is 5.41 Å². The first kappa shape index (κ1) is 21.3. The largest absolute Gasteiger partial charge is 0.599 e. The molecule has 5 nitrogen and oxygen atoms in total. The number of carbonyl (C=O) groups excluding carboxylic acids is 2. The van der Waals surface area contributed by atoms with Crippen LogP contribution in [0.15, 0.2) is 34.4 Å². The maximum absolute atomic E-state index is 13.4. The molecule has 0 heterocycles. The maximum Gasteiger partial charge on any atom is 0.155 e. The van der Waals surface area contributed by atoms with Gasteiger partial charge in [-0.3, -0.25) is 9.59 Å². The van der Waals surface area contributed by atoms with E-state index in [-0.39, 0.29) is 27.9 Å². The Labute approximate surface area is 185 Å². The van der Waals surface area contributed by atoms with Gasteiger partial charge in [0, 0.05) is 30.3 Å². The third-order valence-electron chi connectivity index (χ3n) is 9.52. The van der Waals surface area contributed by atoms with Gasteiger partial charge in [-0.15, -0.1) is 0 Å². The minimum Gasteiger partial charge on any atom is -0.599 e. The molecule has 0 aromatic rings. The zero-order valence-corrected chi connectivity index (χ0v) is 19.3. The van der Waals surface area contributed by atoms with E-state index in [1.54, 1.807) is 6.08 Å². The second-order valence-corrected chi connectivity index (χ2v) is 11.0. The summed E-state index contributed by atoms with van der Waals surface area (Å²) in [5.74, 6) is 0.529. The van der Waals surface area contributed by atoms with Crippen LogP contribution in [0.25, 0.3) is 0 Å². The second-order valence-electron chi connectivity index (χ2n) is 11.0. The van der Waals surface area contributed by atoms with Gasteiger partial charge < -0.3 is 5.21 Å². The van der Waals surface area contributed by atoms with Crippen molar-refractivity contribution in [3.05, 3.63) is 39.7 Å². The molecule has 1 N–H and O–H groups in total. The predicted molar refractivity (Wildman–Crippen MR) is 118 cm³/mol. The Morgan fingerprint density at radius 3 is 2.71 bits per heavy atom. The SMILES string of the molecule is CCC(C)O[NH+]([O-])C1CC2=CC(=O)CCC2(C)C2=C1C1=CCC3(C)CCC(=O)C13CC2. The third-order valence-corrected chi connectivity index (χ3v) is 9.52. The summed E-state index contributed by atoms with van der Waals surface area (Å²) < 4.78 is 0. The summed E-state index contributed by atoms with van der Waals surface area (Å²) in [6.07, 6.45) is 10.8. The topological polar surface area (TPSA) is 70.9 Å². The number of hydrogen-bond donors (Lipinski definition) is 1. The first-order valence-electron chi connectivity index (χ1n) is 12.1. The van der Waals surface area contributed by atoms with Crippen molar-refractivity contribution in [3.63, 3.8) is 0 Å². The zero-order valence-electron chi connectivity index (χ0n) is 19.3. The van der Waals surface area contributed by atoms with Crippen molar-refractivity contribution in [3.8, 4) is 0 Å². The summed E-state index contributed by atoms with van der Waals surface area (Å²) >= 11 is 0. The van der Waals surface area contributed by atoms with Gasteiger partial charge in [0.15, 0.2) is 5.78 Å². The summed E-state index contributed by atoms with van der Waals surface area (Å²) in [7, 11) is 0. The number of Topliss-reactive ketones (excluding diaryl/α,β-unsaturated/α-hetero) is 1. The number of rotatable bonds is 4. The van der Waals surface area contributed by atoms with E-state index in [1.165, 1.54) is 5.57 Å². The van der Waals surface area contributed by atoms with Crippen molar-refractivity contribution in [2.24, 2.45) is 16.2 Å². The van der Waals surface area contributed by atoms with Crippen LogP contribution in [-0.2, 0) is 14.4 Å². The van der Waals surface area contributed by atoms with Gasteiger partial charge in [-0.25, -0.2) is 10.1 Å². The first-order chi connectivity index (χ1) is 14.7. The van der Waals surface area contributed by atoms with E-state index >= 15 is 0 Å². The smallest absolute Gasteiger partial charge is 0.155 e. The monoisotopic (exact) mass is 425 g/mol. The van der Waals surface area contributed by atoms with Crippen LogP contribution in [-0.4, -0.2) is 23.7 Å². The molecule has 6 unspecified atom stereocenters. The summed E-state index contributed by atoms with van der Waals surface area (Å²) in [6, 6.07) is -0.409. The number of allylic oxidation sites excluding steroid dienone is 3. The van der Waals surface area contributed by atoms with Crippen molar-refractivity contribution in [1.82, 2.24) is 0 Å². The van der Waals surface area contributed by atoms with E-state index in [1.807, 2.05) is 13.8 Å². The fourth-order valence-electron chi connectivity index (χ4n) is 7.38. The third kappa shape index (κ3) is 2.72. The Morgan fingerprint density at radius 1 is 1.19 bits per heavy atom. The highest BCUT2D eigenvalue weighted by Crippen LogP contribution is 2.69. The van der Waals surface area contributed by atoms with Gasteiger partial charge in [0.25, 0.3) is 0 Å². The van der Waals surface area contributed by atoms with Crippen LogP contribution in [0, 0.1) is 21.5 Å². The van der Waals surface area contributed by atoms with Gasteiger partial charge in [-0.2, -0.15) is 0 Å². The molecule has 0 aromatic carbocycles. The Kier molecular flexibility index (Phi) is 4.79. The molecule has 168 valence electrons. The second kappa shape index (κ2) is 6.97. The van der Waals surface area contributed by atoms with Crippen molar-refractivity contribution in [1.29, 1.82) is 0 Å². The van der Waals surface area contributed by atoms with Crippen LogP contribution in [0.5, 0.6) is 0 Å². The normalized spacial score (nSPS) is 41.1. The molecule has 1 spiro atoms. The fraction of sp³-hybridized carbons (Fsp3) is 0.692. The molecule has 5 heteroatoms. The Balaban J connectivity index is 1.67. The van der Waals surface area contributed by atoms with E-state index in [9.17, 15) is 14.8 Å². The molecule has 1 fully saturated rings. The van der Waals surface area contributed by atoms with Crippen molar-refractivity contribution >= 4 is 11.6 Å². The highest BCUT2D eigenvalue weighted by Gasteiger charge is 2.65. The lowest BCUT2D eigenvalue weighted by Crippen LogP contribution is -3.11. The molecular weight excluding hydrogens is 390 g/mol. The van der Waals surface area contributed by atoms with Crippen LogP contribution >= 0.6 is 0 Å². The zero-order chi connectivity index (χ0) is 22.2. The van der Waals surface area contributed by atoms with Gasteiger partial charge in [-0.1, -0.05) is 38.0 Å². The summed E-state index contributed by atoms with van der Waals surface area (Å²) in [6.45, 7) is 8.47. The quantitative estimate of drug-likeness (QED) is 0.693. The van der Waals surface area contributed by atoms with E-state index in [0.29, 0.717) is 25.0 Å². The van der Waals surface area contributed by atoms with Gasteiger partial charge in [0.2, 0.25) is 0 Å². The number of quaternary nitrogens is 1. The lowest BCUT2D eigenvalue weighted by molar-refractivity contribution is -1.07. The molecule has 31 heavy (non-hydrogen) atoms.